The zero-order chi connectivity index (χ0) is 18.8. The summed E-state index contributed by atoms with van der Waals surface area (Å²) in [6.45, 7) is 4.95. The van der Waals surface area contributed by atoms with Gasteiger partial charge in [0.05, 0.1) is 21.8 Å². The maximum atomic E-state index is 12.8. The van der Waals surface area contributed by atoms with E-state index in [2.05, 4.69) is 9.97 Å². The minimum atomic E-state index is -0.551. The quantitative estimate of drug-likeness (QED) is 0.722. The number of carbonyl (C=O) groups is 1. The normalized spacial score (nSPS) is 11.0. The molecule has 0 aromatic carbocycles. The number of nitrogens with one attached hydrogen (secondary N) is 1. The van der Waals surface area contributed by atoms with E-state index >= 15 is 0 Å². The van der Waals surface area contributed by atoms with E-state index in [9.17, 15) is 14.4 Å². The molecule has 26 heavy (non-hydrogen) atoms. The number of H-pyrrole nitrogens is 1. The Bertz CT molecular complexity index is 1090. The molecule has 0 aliphatic carbocycles. The fourth-order valence-electron chi connectivity index (χ4n) is 2.71. The van der Waals surface area contributed by atoms with Gasteiger partial charge in [-0.25, -0.2) is 9.78 Å². The molecule has 0 atom stereocenters. The maximum Gasteiger partial charge on any atom is 0.329 e. The highest BCUT2D eigenvalue weighted by molar-refractivity contribution is 7.16. The molecule has 3 aromatic heterocycles. The molecule has 3 aromatic rings. The number of carbonyl (C=O) groups excluding carboxylic acids is 1. The molecule has 0 saturated heterocycles. The predicted molar refractivity (Wildman–Crippen MR) is 102 cm³/mol. The van der Waals surface area contributed by atoms with Gasteiger partial charge in [0.2, 0.25) is 0 Å². The monoisotopic (exact) mass is 392 g/mol. The number of nitrogens with zero attached hydrogens (tertiary/aromatic N) is 3. The second-order valence-corrected chi connectivity index (χ2v) is 7.42. The van der Waals surface area contributed by atoms with Crippen LogP contribution < -0.4 is 11.2 Å². The lowest BCUT2D eigenvalue weighted by atomic mass is 10.2. The highest BCUT2D eigenvalue weighted by atomic mass is 35.5. The number of halogens is 1. The Morgan fingerprint density at radius 3 is 2.73 bits per heavy atom. The van der Waals surface area contributed by atoms with Crippen molar-refractivity contribution in [1.82, 2.24) is 19.4 Å². The lowest BCUT2D eigenvalue weighted by Gasteiger charge is -2.20. The summed E-state index contributed by atoms with van der Waals surface area (Å²) in [6, 6.07) is 5.16. The zero-order valence-electron chi connectivity index (χ0n) is 14.3. The lowest BCUT2D eigenvalue weighted by Crippen LogP contribution is -2.32. The van der Waals surface area contributed by atoms with Gasteiger partial charge in [-0.05, 0) is 32.0 Å². The van der Waals surface area contributed by atoms with Gasteiger partial charge in [0.25, 0.3) is 11.5 Å². The van der Waals surface area contributed by atoms with Crippen LogP contribution in [0, 0.1) is 0 Å². The molecule has 1 amide bonds. The number of aryl methyl sites for hydroxylation is 1. The molecule has 3 heterocycles. The van der Waals surface area contributed by atoms with Gasteiger partial charge in [-0.3, -0.25) is 19.1 Å². The Morgan fingerprint density at radius 1 is 1.35 bits per heavy atom. The summed E-state index contributed by atoms with van der Waals surface area (Å²) in [5, 5.41) is 0.215. The van der Waals surface area contributed by atoms with Crippen molar-refractivity contribution in [2.45, 2.75) is 26.9 Å². The largest absolute Gasteiger partial charge is 0.334 e. The van der Waals surface area contributed by atoms with Gasteiger partial charge >= 0.3 is 5.69 Å². The Morgan fingerprint density at radius 2 is 2.12 bits per heavy atom. The first kappa shape index (κ1) is 18.3. The molecule has 136 valence electrons. The summed E-state index contributed by atoms with van der Waals surface area (Å²) in [6.07, 6.45) is 1.40. The molecule has 9 heteroatoms. The van der Waals surface area contributed by atoms with E-state index in [1.54, 1.807) is 17.9 Å². The third kappa shape index (κ3) is 3.42. The molecule has 0 bridgehead atoms. The molecule has 0 radical (unpaired) electrons. The summed E-state index contributed by atoms with van der Waals surface area (Å²) >= 11 is 7.37. The first-order chi connectivity index (χ1) is 12.4. The summed E-state index contributed by atoms with van der Waals surface area (Å²) in [4.78, 5) is 45.9. The van der Waals surface area contributed by atoms with Crippen LogP contribution >= 0.6 is 22.9 Å². The highest BCUT2D eigenvalue weighted by Crippen LogP contribution is 2.23. The van der Waals surface area contributed by atoms with Gasteiger partial charge in [0.1, 0.15) is 5.65 Å². The average molecular weight is 393 g/mol. The van der Waals surface area contributed by atoms with Crippen LogP contribution in [0.4, 0.5) is 0 Å². The van der Waals surface area contributed by atoms with E-state index in [-0.39, 0.29) is 16.9 Å². The topological polar surface area (TPSA) is 88.1 Å². The van der Waals surface area contributed by atoms with Gasteiger partial charge in [0, 0.05) is 24.2 Å². The fraction of sp³-hybridized carbons (Fsp3) is 0.294. The van der Waals surface area contributed by atoms with Crippen LogP contribution in [-0.4, -0.2) is 31.9 Å². The number of hydrogen-bond donors (Lipinski definition) is 1. The summed E-state index contributed by atoms with van der Waals surface area (Å²) < 4.78 is 2.02. The van der Waals surface area contributed by atoms with Crippen molar-refractivity contribution in [2.75, 3.05) is 6.54 Å². The van der Waals surface area contributed by atoms with E-state index in [1.165, 1.54) is 28.2 Å². The fourth-order valence-corrected chi connectivity index (χ4v) is 3.82. The van der Waals surface area contributed by atoms with Crippen LogP contribution in [0.25, 0.3) is 11.0 Å². The number of thiophene rings is 1. The van der Waals surface area contributed by atoms with Crippen LogP contribution in [0.1, 0.15) is 29.1 Å². The van der Waals surface area contributed by atoms with Crippen LogP contribution in [0.15, 0.2) is 34.0 Å². The predicted octanol–water partition coefficient (Wildman–Crippen LogP) is 2.48. The first-order valence-corrected chi connectivity index (χ1v) is 9.30. The molecule has 3 rings (SSSR count). The second kappa shape index (κ2) is 7.43. The number of hydrogen-bond acceptors (Lipinski definition) is 5. The summed E-state index contributed by atoms with van der Waals surface area (Å²) in [5.41, 5.74) is -0.494. The molecule has 0 fully saturated rings. The molecular formula is C17H17ClN4O3S. The van der Waals surface area contributed by atoms with Crippen LogP contribution in [0.5, 0.6) is 0 Å². The number of amides is 1. The third-order valence-electron chi connectivity index (χ3n) is 4.04. The smallest absolute Gasteiger partial charge is 0.329 e. The van der Waals surface area contributed by atoms with E-state index in [4.69, 9.17) is 11.6 Å². The van der Waals surface area contributed by atoms with Crippen LogP contribution in [0.3, 0.4) is 0 Å². The van der Waals surface area contributed by atoms with Crippen molar-refractivity contribution in [3.8, 4) is 0 Å². The van der Waals surface area contributed by atoms with Crippen molar-refractivity contribution in [1.29, 1.82) is 0 Å². The number of aromatic nitrogens is 3. The van der Waals surface area contributed by atoms with E-state index < -0.39 is 11.2 Å². The average Bonchev–Trinajstić information content (AvgIpc) is 3.04. The van der Waals surface area contributed by atoms with Crippen molar-refractivity contribution in [3.63, 3.8) is 0 Å². The van der Waals surface area contributed by atoms with Crippen molar-refractivity contribution in [2.24, 2.45) is 0 Å². The van der Waals surface area contributed by atoms with Crippen molar-refractivity contribution in [3.05, 3.63) is 60.0 Å². The lowest BCUT2D eigenvalue weighted by molar-refractivity contribution is 0.0754. The number of pyridine rings is 1. The maximum absolute atomic E-state index is 12.8. The van der Waals surface area contributed by atoms with E-state index in [1.807, 2.05) is 13.0 Å². The Labute approximate surface area is 157 Å². The van der Waals surface area contributed by atoms with Gasteiger partial charge in [-0.2, -0.15) is 0 Å². The number of aromatic amines is 1. The Hall–Kier alpha value is -2.45. The third-order valence-corrected chi connectivity index (χ3v) is 5.26. The minimum absolute atomic E-state index is 0.215. The molecule has 0 saturated carbocycles. The van der Waals surface area contributed by atoms with E-state index in [0.29, 0.717) is 29.5 Å². The minimum Gasteiger partial charge on any atom is -0.334 e. The van der Waals surface area contributed by atoms with Crippen molar-refractivity contribution >= 4 is 39.9 Å². The molecule has 0 aliphatic heterocycles. The van der Waals surface area contributed by atoms with E-state index in [0.717, 1.165) is 4.88 Å². The van der Waals surface area contributed by atoms with Gasteiger partial charge in [-0.15, -0.1) is 11.3 Å². The van der Waals surface area contributed by atoms with Gasteiger partial charge in [-0.1, -0.05) is 11.6 Å². The summed E-state index contributed by atoms with van der Waals surface area (Å²) in [5.74, 6) is -0.236. The molecule has 0 spiro atoms. The van der Waals surface area contributed by atoms with Gasteiger partial charge in [0.15, 0.2) is 0 Å². The molecule has 1 N–H and O–H groups in total. The molecule has 0 unspecified atom stereocenters. The SMILES string of the molecule is CCN(Cc1ccc(Cl)s1)C(=O)c1cnc2c(c1)c(=O)[nH]c(=O)n2CC. The second-order valence-electron chi connectivity index (χ2n) is 5.62. The summed E-state index contributed by atoms with van der Waals surface area (Å²) in [7, 11) is 0. The highest BCUT2D eigenvalue weighted by Gasteiger charge is 2.18. The Kier molecular flexibility index (Phi) is 5.24. The number of rotatable bonds is 5. The molecule has 7 nitrogen and oxygen atoms in total. The zero-order valence-corrected chi connectivity index (χ0v) is 15.9. The molecule has 0 aliphatic rings. The molecular weight excluding hydrogens is 376 g/mol. The first-order valence-electron chi connectivity index (χ1n) is 8.11. The van der Waals surface area contributed by atoms with Crippen LogP contribution in [-0.2, 0) is 13.1 Å². The Balaban J connectivity index is 1.99. The van der Waals surface area contributed by atoms with Crippen LogP contribution in [0.2, 0.25) is 4.34 Å². The standard InChI is InChI=1S/C17H17ClN4O3S/c1-3-21(9-11-5-6-13(18)26-11)16(24)10-7-12-14(19-8-10)22(4-2)17(25)20-15(12)23/h5-8H,3-4,9H2,1-2H3,(H,20,23,25). The van der Waals surface area contributed by atoms with Crippen molar-refractivity contribution < 1.29 is 4.79 Å². The van der Waals surface area contributed by atoms with Gasteiger partial charge < -0.3 is 4.90 Å². The number of fused-ring (bicyclic) bond motifs is 1.